The molecule has 2 aromatic heterocycles. The van der Waals surface area contributed by atoms with Gasteiger partial charge in [-0.2, -0.15) is 0 Å². The summed E-state index contributed by atoms with van der Waals surface area (Å²) in [6.45, 7) is 2.06. The Labute approximate surface area is 138 Å². The molecule has 0 aliphatic rings. The predicted molar refractivity (Wildman–Crippen MR) is 89.8 cm³/mol. The van der Waals surface area contributed by atoms with Gasteiger partial charge in [0.1, 0.15) is 5.82 Å². The van der Waals surface area contributed by atoms with Crippen LogP contribution in [0.1, 0.15) is 30.1 Å². The number of pyridine rings is 1. The molecule has 1 aromatic carbocycles. The quantitative estimate of drug-likeness (QED) is 0.704. The zero-order chi connectivity index (χ0) is 17.1. The summed E-state index contributed by atoms with van der Waals surface area (Å²) in [7, 11) is 0. The maximum Gasteiger partial charge on any atom is 0.303 e. The van der Waals surface area contributed by atoms with Crippen LogP contribution in [0.3, 0.4) is 0 Å². The number of aromatic nitrogens is 3. The fraction of sp³-hybridized carbons (Fsp3) is 0.222. The highest BCUT2D eigenvalue weighted by atomic mass is 16.4. The SMILES string of the molecule is CC(=O)c1ccc2c(c1)nc(-c1ccncc1)n2CCCC(=O)O. The molecule has 3 rings (SSSR count). The monoisotopic (exact) mass is 323 g/mol. The van der Waals surface area contributed by atoms with Crippen LogP contribution in [-0.4, -0.2) is 31.4 Å². The molecule has 0 bridgehead atoms. The molecule has 24 heavy (non-hydrogen) atoms. The summed E-state index contributed by atoms with van der Waals surface area (Å²) in [5.74, 6) is -0.0787. The Morgan fingerprint density at radius 2 is 1.92 bits per heavy atom. The lowest BCUT2D eigenvalue weighted by molar-refractivity contribution is -0.137. The van der Waals surface area contributed by atoms with E-state index < -0.39 is 5.97 Å². The van der Waals surface area contributed by atoms with Crippen molar-refractivity contribution in [3.05, 3.63) is 48.3 Å². The number of carbonyl (C=O) groups excluding carboxylic acids is 1. The van der Waals surface area contributed by atoms with Crippen molar-refractivity contribution in [3.8, 4) is 11.4 Å². The number of imidazole rings is 1. The van der Waals surface area contributed by atoms with Crippen LogP contribution in [0.25, 0.3) is 22.4 Å². The van der Waals surface area contributed by atoms with E-state index in [0.29, 0.717) is 18.5 Å². The van der Waals surface area contributed by atoms with Gasteiger partial charge in [-0.05, 0) is 43.7 Å². The average molecular weight is 323 g/mol. The van der Waals surface area contributed by atoms with Crippen molar-refractivity contribution in [1.82, 2.24) is 14.5 Å². The van der Waals surface area contributed by atoms with Gasteiger partial charge in [0.2, 0.25) is 0 Å². The third-order valence-corrected chi connectivity index (χ3v) is 3.87. The molecule has 2 heterocycles. The molecule has 122 valence electrons. The number of aryl methyl sites for hydroxylation is 1. The van der Waals surface area contributed by atoms with E-state index in [1.807, 2.05) is 22.8 Å². The van der Waals surface area contributed by atoms with Gasteiger partial charge in [-0.25, -0.2) is 4.98 Å². The zero-order valence-electron chi connectivity index (χ0n) is 13.3. The summed E-state index contributed by atoms with van der Waals surface area (Å²) in [4.78, 5) is 31.1. The van der Waals surface area contributed by atoms with Gasteiger partial charge in [-0.1, -0.05) is 0 Å². The molecule has 0 atom stereocenters. The number of rotatable bonds is 6. The minimum atomic E-state index is -0.816. The van der Waals surface area contributed by atoms with E-state index in [1.165, 1.54) is 6.92 Å². The predicted octanol–water partition coefficient (Wildman–Crippen LogP) is 3.17. The minimum absolute atomic E-state index is 0.0113. The van der Waals surface area contributed by atoms with Gasteiger partial charge in [0, 0.05) is 36.5 Å². The molecule has 0 unspecified atom stereocenters. The van der Waals surface area contributed by atoms with Crippen LogP contribution in [0.15, 0.2) is 42.7 Å². The number of carbonyl (C=O) groups is 2. The standard InChI is InChI=1S/C18H17N3O3/c1-12(22)14-4-5-16-15(11-14)20-18(13-6-8-19-9-7-13)21(16)10-2-3-17(23)24/h4-9,11H,2-3,10H2,1H3,(H,23,24). The van der Waals surface area contributed by atoms with Crippen LogP contribution in [0.5, 0.6) is 0 Å². The van der Waals surface area contributed by atoms with E-state index in [1.54, 1.807) is 24.5 Å². The van der Waals surface area contributed by atoms with Crippen molar-refractivity contribution in [1.29, 1.82) is 0 Å². The Kier molecular flexibility index (Phi) is 4.37. The lowest BCUT2D eigenvalue weighted by atomic mass is 10.1. The first kappa shape index (κ1) is 15.9. The van der Waals surface area contributed by atoms with Gasteiger partial charge < -0.3 is 9.67 Å². The number of hydrogen-bond acceptors (Lipinski definition) is 4. The molecule has 0 amide bonds. The maximum atomic E-state index is 11.6. The molecule has 1 N–H and O–H groups in total. The van der Waals surface area contributed by atoms with Gasteiger partial charge in [0.15, 0.2) is 5.78 Å². The molecule has 6 heteroatoms. The van der Waals surface area contributed by atoms with Crippen LogP contribution in [0.4, 0.5) is 0 Å². The molecule has 0 saturated carbocycles. The second-order valence-electron chi connectivity index (χ2n) is 5.58. The zero-order valence-corrected chi connectivity index (χ0v) is 13.3. The maximum absolute atomic E-state index is 11.6. The van der Waals surface area contributed by atoms with E-state index >= 15 is 0 Å². The number of fused-ring (bicyclic) bond motifs is 1. The summed E-state index contributed by atoms with van der Waals surface area (Å²) >= 11 is 0. The summed E-state index contributed by atoms with van der Waals surface area (Å²) < 4.78 is 2.00. The van der Waals surface area contributed by atoms with Crippen LogP contribution in [-0.2, 0) is 11.3 Å². The van der Waals surface area contributed by atoms with Crippen LogP contribution < -0.4 is 0 Å². The van der Waals surface area contributed by atoms with Crippen LogP contribution in [0, 0.1) is 0 Å². The number of benzene rings is 1. The number of aliphatic carboxylic acids is 1. The Bertz CT molecular complexity index is 901. The highest BCUT2D eigenvalue weighted by molar-refractivity contribution is 5.97. The van der Waals surface area contributed by atoms with Crippen molar-refractivity contribution < 1.29 is 14.7 Å². The number of carboxylic acid groups (broad SMARTS) is 1. The molecule has 0 aliphatic heterocycles. The van der Waals surface area contributed by atoms with Crippen molar-refractivity contribution in [2.24, 2.45) is 0 Å². The molecule has 0 spiro atoms. The van der Waals surface area contributed by atoms with Gasteiger partial charge in [-0.15, -0.1) is 0 Å². The molecule has 0 fully saturated rings. The van der Waals surface area contributed by atoms with Crippen LogP contribution in [0.2, 0.25) is 0 Å². The van der Waals surface area contributed by atoms with E-state index in [2.05, 4.69) is 9.97 Å². The number of carboxylic acids is 1. The van der Waals surface area contributed by atoms with Crippen molar-refractivity contribution >= 4 is 22.8 Å². The largest absolute Gasteiger partial charge is 0.481 e. The number of nitrogens with zero attached hydrogens (tertiary/aromatic N) is 3. The summed E-state index contributed by atoms with van der Waals surface area (Å²) in [5.41, 5.74) is 3.13. The summed E-state index contributed by atoms with van der Waals surface area (Å²) in [5, 5.41) is 8.87. The fourth-order valence-corrected chi connectivity index (χ4v) is 2.68. The lowest BCUT2D eigenvalue weighted by Gasteiger charge is -2.08. The molecule has 0 saturated heterocycles. The first-order chi connectivity index (χ1) is 11.6. The Hall–Kier alpha value is -3.02. The Balaban J connectivity index is 2.09. The lowest BCUT2D eigenvalue weighted by Crippen LogP contribution is -2.04. The highest BCUT2D eigenvalue weighted by Crippen LogP contribution is 2.26. The highest BCUT2D eigenvalue weighted by Gasteiger charge is 2.14. The topological polar surface area (TPSA) is 85.1 Å². The molecular formula is C18H17N3O3. The summed E-state index contributed by atoms with van der Waals surface area (Å²) in [6, 6.07) is 9.14. The molecule has 3 aromatic rings. The van der Waals surface area contributed by atoms with Gasteiger partial charge >= 0.3 is 5.97 Å². The molecule has 6 nitrogen and oxygen atoms in total. The Morgan fingerprint density at radius 1 is 1.17 bits per heavy atom. The Morgan fingerprint density at radius 3 is 2.58 bits per heavy atom. The second kappa shape index (κ2) is 6.62. The smallest absolute Gasteiger partial charge is 0.303 e. The third-order valence-electron chi connectivity index (χ3n) is 3.87. The average Bonchev–Trinajstić information content (AvgIpc) is 2.93. The first-order valence-electron chi connectivity index (χ1n) is 7.69. The van der Waals surface area contributed by atoms with E-state index in [0.717, 1.165) is 22.4 Å². The van der Waals surface area contributed by atoms with Gasteiger partial charge in [0.05, 0.1) is 11.0 Å². The summed E-state index contributed by atoms with van der Waals surface area (Å²) in [6.07, 6.45) is 3.99. The van der Waals surface area contributed by atoms with Crippen LogP contribution >= 0.6 is 0 Å². The number of Topliss-reactive ketones (excluding diaryl/α,β-unsaturated/α-hetero) is 1. The molecular weight excluding hydrogens is 306 g/mol. The number of hydrogen-bond donors (Lipinski definition) is 1. The van der Waals surface area contributed by atoms with Crippen molar-refractivity contribution in [3.63, 3.8) is 0 Å². The van der Waals surface area contributed by atoms with E-state index in [-0.39, 0.29) is 12.2 Å². The second-order valence-corrected chi connectivity index (χ2v) is 5.58. The first-order valence-corrected chi connectivity index (χ1v) is 7.69. The fourth-order valence-electron chi connectivity index (χ4n) is 2.68. The van der Waals surface area contributed by atoms with E-state index in [9.17, 15) is 9.59 Å². The van der Waals surface area contributed by atoms with Gasteiger partial charge in [-0.3, -0.25) is 14.6 Å². The number of ketones is 1. The minimum Gasteiger partial charge on any atom is -0.481 e. The molecule has 0 radical (unpaired) electrons. The van der Waals surface area contributed by atoms with Gasteiger partial charge in [0.25, 0.3) is 0 Å². The van der Waals surface area contributed by atoms with Crippen molar-refractivity contribution in [2.45, 2.75) is 26.3 Å². The normalized spacial score (nSPS) is 10.9. The van der Waals surface area contributed by atoms with Crippen molar-refractivity contribution in [2.75, 3.05) is 0 Å². The van der Waals surface area contributed by atoms with E-state index in [4.69, 9.17) is 5.11 Å². The molecule has 0 aliphatic carbocycles. The third kappa shape index (κ3) is 3.17.